The first kappa shape index (κ1) is 24.0. The second-order valence-electron chi connectivity index (χ2n) is 14.1. The minimum absolute atomic E-state index is 0.587. The topological polar surface area (TPSA) is 57.4 Å². The van der Waals surface area contributed by atoms with E-state index in [0.29, 0.717) is 35.5 Å². The van der Waals surface area contributed by atoms with E-state index < -0.39 is 0 Å². The summed E-state index contributed by atoms with van der Waals surface area (Å²) in [5.41, 5.74) is 14.2. The Balaban J connectivity index is 1.34. The Morgan fingerprint density at radius 3 is 1.23 bits per heavy atom. The molecular weight excluding hydrogens is 488 g/mol. The molecule has 0 spiro atoms. The highest BCUT2D eigenvalue weighted by molar-refractivity contribution is 5.73. The van der Waals surface area contributed by atoms with Crippen LogP contribution >= 0.6 is 0 Å². The van der Waals surface area contributed by atoms with Gasteiger partial charge in [0, 0.05) is 80.7 Å². The van der Waals surface area contributed by atoms with E-state index in [0.717, 1.165) is 0 Å². The molecule has 3 aliphatic heterocycles. The molecule has 208 valence electrons. The number of aryl methyl sites for hydroxylation is 2. The Kier molecular flexibility index (Phi) is 5.68. The first-order valence-corrected chi connectivity index (χ1v) is 16.8. The lowest BCUT2D eigenvalue weighted by Crippen LogP contribution is -2.13. The van der Waals surface area contributed by atoms with Crippen LogP contribution in [0.15, 0.2) is 24.3 Å². The Labute approximate surface area is 238 Å². The van der Waals surface area contributed by atoms with Gasteiger partial charge >= 0.3 is 0 Å². The van der Waals surface area contributed by atoms with Crippen molar-refractivity contribution in [2.75, 3.05) is 0 Å². The van der Waals surface area contributed by atoms with Crippen LogP contribution in [0.2, 0.25) is 0 Å². The monoisotopic (exact) mass is 532 g/mol. The molecule has 4 nitrogen and oxygen atoms in total. The first-order chi connectivity index (χ1) is 19.8. The second kappa shape index (κ2) is 9.46. The third-order valence-corrected chi connectivity index (χ3v) is 12.0. The predicted molar refractivity (Wildman–Crippen MR) is 161 cm³/mol. The van der Waals surface area contributed by atoms with Crippen molar-refractivity contribution in [1.82, 2.24) is 19.9 Å². The number of aromatic amines is 2. The third-order valence-electron chi connectivity index (χ3n) is 12.0. The Morgan fingerprint density at radius 2 is 0.800 bits per heavy atom. The van der Waals surface area contributed by atoms with Crippen LogP contribution < -0.4 is 0 Å². The summed E-state index contributed by atoms with van der Waals surface area (Å²) in [6.07, 6.45) is 20.9. The number of hydrogen-bond acceptors (Lipinski definition) is 2. The number of H-pyrrole nitrogens is 2. The number of fused-ring (bicyclic) bond motifs is 20. The summed E-state index contributed by atoms with van der Waals surface area (Å²) in [6, 6.07) is 10.0. The van der Waals surface area contributed by atoms with Crippen LogP contribution in [0.5, 0.6) is 0 Å². The van der Waals surface area contributed by atoms with Crippen molar-refractivity contribution < 1.29 is 0 Å². The molecule has 0 amide bonds. The summed E-state index contributed by atoms with van der Waals surface area (Å²) in [6.45, 7) is 0. The van der Waals surface area contributed by atoms with Gasteiger partial charge in [-0.25, -0.2) is 0 Å². The van der Waals surface area contributed by atoms with Crippen molar-refractivity contribution >= 4 is 11.0 Å². The third kappa shape index (κ3) is 3.77. The maximum Gasteiger partial charge on any atom is 0.0465 e. The molecule has 3 saturated carbocycles. The van der Waals surface area contributed by atoms with Crippen LogP contribution in [-0.2, 0) is 12.8 Å². The molecule has 0 saturated heterocycles. The fraction of sp³-hybridized carbons (Fsp3) is 0.611. The van der Waals surface area contributed by atoms with Gasteiger partial charge < -0.3 is 9.97 Å². The van der Waals surface area contributed by atoms with Crippen LogP contribution in [0, 0.1) is 0 Å². The summed E-state index contributed by atoms with van der Waals surface area (Å²) in [4.78, 5) is 19.0. The lowest BCUT2D eigenvalue weighted by atomic mass is 9.75. The number of nitrogens with zero attached hydrogens (tertiary/aromatic N) is 2. The van der Waals surface area contributed by atoms with Crippen LogP contribution in [0.3, 0.4) is 0 Å². The summed E-state index contributed by atoms with van der Waals surface area (Å²) < 4.78 is 0. The predicted octanol–water partition coefficient (Wildman–Crippen LogP) is 9.24. The maximum absolute atomic E-state index is 5.48. The van der Waals surface area contributed by atoms with Crippen molar-refractivity contribution in [2.45, 2.75) is 138 Å². The van der Waals surface area contributed by atoms with E-state index in [-0.39, 0.29) is 0 Å². The molecule has 0 radical (unpaired) electrons. The molecule has 0 aromatic carbocycles. The molecule has 2 aromatic rings. The van der Waals surface area contributed by atoms with Crippen LogP contribution in [0.4, 0.5) is 0 Å². The number of nitrogens with one attached hydrogen (secondary N) is 2. The van der Waals surface area contributed by atoms with Gasteiger partial charge in [-0.3, -0.25) is 9.97 Å². The van der Waals surface area contributed by atoms with Crippen molar-refractivity contribution in [3.05, 3.63) is 69.6 Å². The zero-order chi connectivity index (χ0) is 26.2. The highest BCUT2D eigenvalue weighted by Gasteiger charge is 2.39. The molecule has 5 heterocycles. The van der Waals surface area contributed by atoms with Crippen molar-refractivity contribution in [2.24, 2.45) is 0 Å². The lowest BCUT2D eigenvalue weighted by Gasteiger charge is -2.27. The van der Waals surface area contributed by atoms with Gasteiger partial charge in [-0.2, -0.15) is 0 Å². The van der Waals surface area contributed by atoms with E-state index in [1.165, 1.54) is 148 Å². The van der Waals surface area contributed by atoms with Crippen LogP contribution in [-0.4, -0.2) is 19.9 Å². The fourth-order valence-electron chi connectivity index (χ4n) is 10.0. The molecule has 40 heavy (non-hydrogen) atoms. The summed E-state index contributed by atoms with van der Waals surface area (Å²) in [5.74, 6) is 3.62. The van der Waals surface area contributed by atoms with E-state index in [1.54, 1.807) is 11.1 Å². The molecule has 4 heteroatoms. The SMILES string of the molecule is c1c2nc(cc3[nH]c(cc4nc(cc5[nH]c1C1CCCCC51)C1CCCCC41)c1c3CCCC1)C1CCCCC21. The molecule has 4 aliphatic carbocycles. The average molecular weight is 533 g/mol. The quantitative estimate of drug-likeness (QED) is 0.355. The van der Waals surface area contributed by atoms with E-state index in [1.807, 2.05) is 0 Å². The highest BCUT2D eigenvalue weighted by atomic mass is 14.8. The van der Waals surface area contributed by atoms with Gasteiger partial charge in [-0.15, -0.1) is 0 Å². The molecule has 6 unspecified atom stereocenters. The average Bonchev–Trinajstić information content (AvgIpc) is 3.73. The van der Waals surface area contributed by atoms with Crippen molar-refractivity contribution in [3.8, 4) is 0 Å². The molecule has 2 N–H and O–H groups in total. The van der Waals surface area contributed by atoms with Gasteiger partial charge in [0.1, 0.15) is 0 Å². The lowest BCUT2D eigenvalue weighted by molar-refractivity contribution is 0.392. The largest absolute Gasteiger partial charge is 0.362 e. The van der Waals surface area contributed by atoms with Gasteiger partial charge in [0.15, 0.2) is 0 Å². The van der Waals surface area contributed by atoms with E-state index in [4.69, 9.17) is 9.97 Å². The fourth-order valence-corrected chi connectivity index (χ4v) is 10.0. The zero-order valence-corrected chi connectivity index (χ0v) is 24.0. The smallest absolute Gasteiger partial charge is 0.0465 e. The van der Waals surface area contributed by atoms with Crippen LogP contribution in [0.25, 0.3) is 11.0 Å². The molecule has 6 atom stereocenters. The standard InChI is InChI=1S/C36H44N4/c1-2-10-22-21(9-1)29-17-31-23-11-3-4-12-24(23)33(38-31)19-35-27-15-7-8-16-28(27)36(40-35)20-34-26-14-6-5-13-25(26)32(39-34)18-30(22)37-29/h17-26,37,40H,1-16H2. The van der Waals surface area contributed by atoms with Gasteiger partial charge in [-0.1, -0.05) is 38.5 Å². The highest BCUT2D eigenvalue weighted by Crippen LogP contribution is 2.51. The second-order valence-corrected chi connectivity index (χ2v) is 14.1. The molecule has 3 fully saturated rings. The summed E-state index contributed by atoms with van der Waals surface area (Å²) >= 11 is 0. The molecule has 9 rings (SSSR count). The Bertz CT molecular complexity index is 1420. The summed E-state index contributed by atoms with van der Waals surface area (Å²) in [7, 11) is 0. The molecule has 7 aliphatic rings. The minimum Gasteiger partial charge on any atom is -0.362 e. The number of rotatable bonds is 0. The Hall–Kier alpha value is -2.62. The summed E-state index contributed by atoms with van der Waals surface area (Å²) in [5, 5.41) is 0. The molecule has 8 bridgehead atoms. The normalized spacial score (nSPS) is 31.9. The van der Waals surface area contributed by atoms with E-state index in [9.17, 15) is 0 Å². The number of aromatic nitrogens is 4. The maximum atomic E-state index is 5.48. The van der Waals surface area contributed by atoms with Crippen molar-refractivity contribution in [3.63, 3.8) is 0 Å². The van der Waals surface area contributed by atoms with Gasteiger partial charge in [0.2, 0.25) is 0 Å². The van der Waals surface area contributed by atoms with Crippen LogP contribution in [0.1, 0.15) is 171 Å². The van der Waals surface area contributed by atoms with Crippen molar-refractivity contribution in [1.29, 1.82) is 0 Å². The molecule has 2 aromatic heterocycles. The van der Waals surface area contributed by atoms with E-state index in [2.05, 4.69) is 34.2 Å². The molecular formula is C36H44N4. The van der Waals surface area contributed by atoms with Gasteiger partial charge in [0.25, 0.3) is 0 Å². The Morgan fingerprint density at radius 1 is 0.425 bits per heavy atom. The van der Waals surface area contributed by atoms with Gasteiger partial charge in [0.05, 0.1) is 0 Å². The van der Waals surface area contributed by atoms with E-state index >= 15 is 0 Å². The number of hydrogen-bond donors (Lipinski definition) is 2. The first-order valence-electron chi connectivity index (χ1n) is 16.8. The minimum atomic E-state index is 0.587. The zero-order valence-electron chi connectivity index (χ0n) is 24.0. The van der Waals surface area contributed by atoms with Gasteiger partial charge in [-0.05, 0) is 99.6 Å².